The Hall–Kier alpha value is -1.68. The number of hydrogen-bond acceptors (Lipinski definition) is 2. The number of nitrogens with zero attached hydrogens (tertiary/aromatic N) is 2. The van der Waals surface area contributed by atoms with Crippen LogP contribution in [0.5, 0.6) is 0 Å². The van der Waals surface area contributed by atoms with E-state index in [1.54, 1.807) is 6.07 Å². The lowest BCUT2D eigenvalue weighted by Gasteiger charge is -2.01. The van der Waals surface area contributed by atoms with Crippen LogP contribution in [0.4, 0.5) is 4.39 Å². The first-order chi connectivity index (χ1) is 8.13. The number of aromatic nitrogens is 2. The van der Waals surface area contributed by atoms with E-state index in [9.17, 15) is 4.39 Å². The van der Waals surface area contributed by atoms with Crippen molar-refractivity contribution in [2.45, 2.75) is 13.5 Å². The molecule has 3 nitrogen and oxygen atoms in total. The minimum absolute atomic E-state index is 0.234. The van der Waals surface area contributed by atoms with Gasteiger partial charge in [-0.3, -0.25) is 4.68 Å². The van der Waals surface area contributed by atoms with Crippen molar-refractivity contribution in [2.75, 3.05) is 7.05 Å². The molecule has 0 saturated heterocycles. The van der Waals surface area contributed by atoms with Crippen molar-refractivity contribution < 1.29 is 4.39 Å². The quantitative estimate of drug-likeness (QED) is 0.881. The van der Waals surface area contributed by atoms with Gasteiger partial charge in [0.25, 0.3) is 0 Å². The fourth-order valence-electron chi connectivity index (χ4n) is 1.99. The van der Waals surface area contributed by atoms with Gasteiger partial charge >= 0.3 is 0 Å². The summed E-state index contributed by atoms with van der Waals surface area (Å²) in [6.07, 6.45) is 0. The zero-order valence-corrected chi connectivity index (χ0v) is 10.3. The van der Waals surface area contributed by atoms with Gasteiger partial charge < -0.3 is 5.32 Å². The van der Waals surface area contributed by atoms with Crippen molar-refractivity contribution in [2.24, 2.45) is 7.05 Å². The minimum atomic E-state index is -0.234. The number of nitrogens with one attached hydrogen (secondary N) is 1. The van der Waals surface area contributed by atoms with Gasteiger partial charge in [0.1, 0.15) is 5.82 Å². The summed E-state index contributed by atoms with van der Waals surface area (Å²) >= 11 is 0. The second-order valence-corrected chi connectivity index (χ2v) is 4.08. The van der Waals surface area contributed by atoms with Crippen LogP contribution in [0.1, 0.15) is 11.3 Å². The molecule has 0 bridgehead atoms. The molecule has 2 rings (SSSR count). The Labute approximate surface area is 100 Å². The van der Waals surface area contributed by atoms with Gasteiger partial charge in [-0.25, -0.2) is 4.39 Å². The first-order valence-corrected chi connectivity index (χ1v) is 5.56. The number of benzene rings is 1. The van der Waals surface area contributed by atoms with E-state index in [2.05, 4.69) is 10.4 Å². The average molecular weight is 233 g/mol. The second-order valence-electron chi connectivity index (χ2n) is 4.08. The minimum Gasteiger partial charge on any atom is -0.314 e. The maximum atomic E-state index is 13.2. The van der Waals surface area contributed by atoms with Crippen LogP contribution in [-0.2, 0) is 13.6 Å². The third-order valence-electron chi connectivity index (χ3n) is 2.87. The molecule has 0 amide bonds. The first kappa shape index (κ1) is 11.8. The van der Waals surface area contributed by atoms with Crippen LogP contribution in [0.2, 0.25) is 0 Å². The summed E-state index contributed by atoms with van der Waals surface area (Å²) in [6.45, 7) is 2.77. The van der Waals surface area contributed by atoms with Crippen LogP contribution in [0.25, 0.3) is 11.3 Å². The van der Waals surface area contributed by atoms with E-state index >= 15 is 0 Å². The summed E-state index contributed by atoms with van der Waals surface area (Å²) in [7, 11) is 3.80. The van der Waals surface area contributed by atoms with E-state index in [-0.39, 0.29) is 5.82 Å². The van der Waals surface area contributed by atoms with Crippen LogP contribution in [-0.4, -0.2) is 16.8 Å². The van der Waals surface area contributed by atoms with Crippen LogP contribution in [0.3, 0.4) is 0 Å². The predicted molar refractivity (Wildman–Crippen MR) is 66.1 cm³/mol. The smallest absolute Gasteiger partial charge is 0.123 e. The fraction of sp³-hybridized carbons (Fsp3) is 0.308. The summed E-state index contributed by atoms with van der Waals surface area (Å²) in [4.78, 5) is 0. The number of halogens is 1. The van der Waals surface area contributed by atoms with Crippen molar-refractivity contribution in [1.82, 2.24) is 15.1 Å². The highest BCUT2D eigenvalue weighted by Crippen LogP contribution is 2.24. The van der Waals surface area contributed by atoms with Crippen molar-refractivity contribution in [3.63, 3.8) is 0 Å². The Kier molecular flexibility index (Phi) is 3.24. The molecular weight excluding hydrogens is 217 g/mol. The molecule has 0 spiro atoms. The van der Waals surface area contributed by atoms with Crippen molar-refractivity contribution >= 4 is 0 Å². The van der Waals surface area contributed by atoms with Gasteiger partial charge in [-0.05, 0) is 31.7 Å². The van der Waals surface area contributed by atoms with Gasteiger partial charge in [0.15, 0.2) is 0 Å². The third kappa shape index (κ3) is 2.22. The molecule has 0 saturated carbocycles. The Morgan fingerprint density at radius 3 is 2.82 bits per heavy atom. The molecule has 17 heavy (non-hydrogen) atoms. The monoisotopic (exact) mass is 233 g/mol. The zero-order valence-electron chi connectivity index (χ0n) is 10.3. The molecule has 4 heteroatoms. The zero-order chi connectivity index (χ0) is 12.4. The van der Waals surface area contributed by atoms with E-state index in [0.29, 0.717) is 0 Å². The van der Waals surface area contributed by atoms with Crippen LogP contribution < -0.4 is 5.32 Å². The largest absolute Gasteiger partial charge is 0.314 e. The summed E-state index contributed by atoms with van der Waals surface area (Å²) in [5.41, 5.74) is 3.87. The number of hydrogen-bond donors (Lipinski definition) is 1. The lowest BCUT2D eigenvalue weighted by molar-refractivity contribution is 0.628. The third-order valence-corrected chi connectivity index (χ3v) is 2.87. The topological polar surface area (TPSA) is 29.9 Å². The van der Waals surface area contributed by atoms with E-state index in [0.717, 1.165) is 29.1 Å². The van der Waals surface area contributed by atoms with Crippen LogP contribution in [0, 0.1) is 12.7 Å². The van der Waals surface area contributed by atoms with Gasteiger partial charge in [0.05, 0.1) is 11.4 Å². The summed E-state index contributed by atoms with van der Waals surface area (Å²) in [5, 5.41) is 7.56. The van der Waals surface area contributed by atoms with Crippen molar-refractivity contribution in [1.29, 1.82) is 0 Å². The fourth-order valence-corrected chi connectivity index (χ4v) is 1.99. The summed E-state index contributed by atoms with van der Waals surface area (Å²) < 4.78 is 15.0. The molecule has 0 atom stereocenters. The SMILES string of the molecule is CNCc1c(C)c(-c2cccc(F)c2)nn1C. The van der Waals surface area contributed by atoms with Crippen LogP contribution in [0.15, 0.2) is 24.3 Å². The summed E-state index contributed by atoms with van der Waals surface area (Å²) in [6, 6.07) is 6.53. The van der Waals surface area contributed by atoms with Gasteiger partial charge in [-0.15, -0.1) is 0 Å². The van der Waals surface area contributed by atoms with E-state index in [1.807, 2.05) is 31.8 Å². The Balaban J connectivity index is 2.50. The maximum absolute atomic E-state index is 13.2. The van der Waals surface area contributed by atoms with E-state index < -0.39 is 0 Å². The van der Waals surface area contributed by atoms with E-state index in [1.165, 1.54) is 12.1 Å². The highest BCUT2D eigenvalue weighted by atomic mass is 19.1. The molecule has 1 aromatic heterocycles. The van der Waals surface area contributed by atoms with E-state index in [4.69, 9.17) is 0 Å². The molecule has 0 radical (unpaired) electrons. The maximum Gasteiger partial charge on any atom is 0.123 e. The Morgan fingerprint density at radius 1 is 1.41 bits per heavy atom. The lowest BCUT2D eigenvalue weighted by atomic mass is 10.1. The molecular formula is C13H16FN3. The van der Waals surface area contributed by atoms with Gasteiger partial charge in [0, 0.05) is 19.2 Å². The second kappa shape index (κ2) is 4.67. The standard InChI is InChI=1S/C13H16FN3/c1-9-12(8-15-2)17(3)16-13(9)10-5-4-6-11(14)7-10/h4-7,15H,8H2,1-3H3. The average Bonchev–Trinajstić information content (AvgIpc) is 2.57. The van der Waals surface area contributed by atoms with Crippen molar-refractivity contribution in [3.8, 4) is 11.3 Å². The summed E-state index contributed by atoms with van der Waals surface area (Å²) in [5.74, 6) is -0.234. The first-order valence-electron chi connectivity index (χ1n) is 5.56. The molecule has 1 N–H and O–H groups in total. The van der Waals surface area contributed by atoms with Crippen molar-refractivity contribution in [3.05, 3.63) is 41.3 Å². The van der Waals surface area contributed by atoms with Gasteiger partial charge in [-0.1, -0.05) is 12.1 Å². The predicted octanol–water partition coefficient (Wildman–Crippen LogP) is 2.25. The highest BCUT2D eigenvalue weighted by molar-refractivity contribution is 5.63. The molecule has 0 aliphatic carbocycles. The molecule has 1 aromatic carbocycles. The molecule has 0 fully saturated rings. The molecule has 0 aliphatic rings. The highest BCUT2D eigenvalue weighted by Gasteiger charge is 2.13. The molecule has 0 aliphatic heterocycles. The van der Waals surface area contributed by atoms with Crippen LogP contribution >= 0.6 is 0 Å². The molecule has 2 aromatic rings. The molecule has 90 valence electrons. The van der Waals surface area contributed by atoms with Gasteiger partial charge in [-0.2, -0.15) is 5.10 Å². The number of rotatable bonds is 3. The number of aryl methyl sites for hydroxylation is 1. The Bertz CT molecular complexity index is 531. The Morgan fingerprint density at radius 2 is 2.18 bits per heavy atom. The van der Waals surface area contributed by atoms with Gasteiger partial charge in [0.2, 0.25) is 0 Å². The molecule has 0 unspecified atom stereocenters. The lowest BCUT2D eigenvalue weighted by Crippen LogP contribution is -2.10. The normalized spacial score (nSPS) is 10.8. The molecule has 1 heterocycles.